The van der Waals surface area contributed by atoms with Crippen molar-refractivity contribution in [1.82, 2.24) is 0 Å². The molecule has 0 aliphatic carbocycles. The molecule has 0 spiro atoms. The first-order valence-electron chi connectivity index (χ1n) is 12.2. The number of nitrogens with zero attached hydrogens (tertiary/aromatic N) is 1. The van der Waals surface area contributed by atoms with Gasteiger partial charge in [-0.15, -0.1) is 0 Å². The zero-order valence-electron chi connectivity index (χ0n) is 20.1. The smallest absolute Gasteiger partial charge is 0.262 e. The van der Waals surface area contributed by atoms with Crippen LogP contribution in [0.5, 0.6) is 5.75 Å². The highest BCUT2D eigenvalue weighted by Gasteiger charge is 2.34. The van der Waals surface area contributed by atoms with Gasteiger partial charge in [-0.25, -0.2) is 0 Å². The Balaban J connectivity index is 1.44. The summed E-state index contributed by atoms with van der Waals surface area (Å²) in [6.07, 6.45) is 0.758. The fraction of sp³-hybridized carbons (Fsp3) is 0.194. The molecule has 0 bridgehead atoms. The molecule has 0 aromatic heterocycles. The molecular formula is C31H30N2O2. The van der Waals surface area contributed by atoms with Crippen molar-refractivity contribution in [2.24, 2.45) is 0 Å². The number of ether oxygens (including phenoxy) is 1. The van der Waals surface area contributed by atoms with Crippen LogP contribution >= 0.6 is 0 Å². The molecule has 0 fully saturated rings. The highest BCUT2D eigenvalue weighted by Crippen LogP contribution is 2.37. The average Bonchev–Trinajstić information content (AvgIpc) is 2.92. The minimum Gasteiger partial charge on any atom is -0.489 e. The molecule has 2 atom stereocenters. The Bertz CT molecular complexity index is 1280. The van der Waals surface area contributed by atoms with Gasteiger partial charge < -0.3 is 10.1 Å². The van der Waals surface area contributed by atoms with Gasteiger partial charge >= 0.3 is 0 Å². The van der Waals surface area contributed by atoms with E-state index in [4.69, 9.17) is 4.74 Å². The van der Waals surface area contributed by atoms with Crippen molar-refractivity contribution in [3.63, 3.8) is 0 Å². The van der Waals surface area contributed by atoms with Crippen LogP contribution in [0, 0.1) is 0 Å². The summed E-state index contributed by atoms with van der Waals surface area (Å²) in [5.41, 5.74) is 5.80. The van der Waals surface area contributed by atoms with Gasteiger partial charge in [0.2, 0.25) is 0 Å². The second-order valence-corrected chi connectivity index (χ2v) is 9.01. The number of hydrogen-bond donors (Lipinski definition) is 1. The molecule has 35 heavy (non-hydrogen) atoms. The van der Waals surface area contributed by atoms with Crippen LogP contribution in [0.15, 0.2) is 103 Å². The van der Waals surface area contributed by atoms with E-state index in [-0.39, 0.29) is 12.1 Å². The van der Waals surface area contributed by atoms with Gasteiger partial charge in [0.05, 0.1) is 5.56 Å². The lowest BCUT2D eigenvalue weighted by atomic mass is 9.97. The van der Waals surface area contributed by atoms with Gasteiger partial charge in [-0.3, -0.25) is 9.69 Å². The third kappa shape index (κ3) is 4.78. The van der Waals surface area contributed by atoms with Gasteiger partial charge in [-0.1, -0.05) is 80.6 Å². The lowest BCUT2D eigenvalue weighted by Crippen LogP contribution is -2.43. The third-order valence-electron chi connectivity index (χ3n) is 6.72. The molecule has 4 aromatic carbocycles. The minimum absolute atomic E-state index is 0.00922. The molecule has 1 aliphatic rings. The summed E-state index contributed by atoms with van der Waals surface area (Å²) in [4.78, 5) is 15.5. The van der Waals surface area contributed by atoms with E-state index >= 15 is 0 Å². The van der Waals surface area contributed by atoms with Crippen LogP contribution in [0.2, 0.25) is 0 Å². The molecule has 0 radical (unpaired) electrons. The molecule has 0 unspecified atom stereocenters. The summed E-state index contributed by atoms with van der Waals surface area (Å²) in [7, 11) is 0. The number of amides is 1. The van der Waals surface area contributed by atoms with E-state index in [2.05, 4.69) is 43.4 Å². The van der Waals surface area contributed by atoms with Crippen molar-refractivity contribution in [1.29, 1.82) is 0 Å². The SMILES string of the molecule is CC[C@H](C)c1ccc(N2C(=O)c3ccccc3N[C@H]2c2ccc(OCc3ccccc3)cc2)cc1. The zero-order valence-corrected chi connectivity index (χ0v) is 20.1. The van der Waals surface area contributed by atoms with E-state index in [1.165, 1.54) is 5.56 Å². The number of para-hydroxylation sites is 1. The van der Waals surface area contributed by atoms with Crippen LogP contribution in [-0.4, -0.2) is 5.91 Å². The van der Waals surface area contributed by atoms with Gasteiger partial charge in [0.1, 0.15) is 18.5 Å². The predicted molar refractivity (Wildman–Crippen MR) is 142 cm³/mol. The second-order valence-electron chi connectivity index (χ2n) is 9.01. The molecule has 5 rings (SSSR count). The Kier molecular flexibility index (Phi) is 6.53. The maximum Gasteiger partial charge on any atom is 0.262 e. The van der Waals surface area contributed by atoms with Crippen LogP contribution in [0.25, 0.3) is 0 Å². The number of hydrogen-bond acceptors (Lipinski definition) is 3. The largest absolute Gasteiger partial charge is 0.489 e. The number of nitrogens with one attached hydrogen (secondary N) is 1. The molecular weight excluding hydrogens is 432 g/mol. The summed E-state index contributed by atoms with van der Waals surface area (Å²) in [5.74, 6) is 1.27. The van der Waals surface area contributed by atoms with Crippen molar-refractivity contribution in [2.45, 2.75) is 39.0 Å². The maximum absolute atomic E-state index is 13.7. The van der Waals surface area contributed by atoms with Gasteiger partial charge in [0.25, 0.3) is 5.91 Å². The van der Waals surface area contributed by atoms with Gasteiger partial charge in [0, 0.05) is 11.4 Å². The Morgan fingerprint density at radius 1 is 0.857 bits per heavy atom. The number of rotatable bonds is 7. The van der Waals surface area contributed by atoms with E-state index in [1.54, 1.807) is 0 Å². The standard InChI is InChI=1S/C31H30N2O2/c1-3-22(2)24-13-17-26(18-14-24)33-30(32-29-12-8-7-11-28(29)31(33)34)25-15-19-27(20-16-25)35-21-23-9-5-4-6-10-23/h4-20,22,30,32H,3,21H2,1-2H3/t22-,30+/m0/s1. The predicted octanol–water partition coefficient (Wildman–Crippen LogP) is 7.55. The highest BCUT2D eigenvalue weighted by atomic mass is 16.5. The lowest BCUT2D eigenvalue weighted by molar-refractivity contribution is 0.0975. The maximum atomic E-state index is 13.7. The molecule has 1 amide bonds. The van der Waals surface area contributed by atoms with E-state index in [0.717, 1.165) is 34.7 Å². The van der Waals surface area contributed by atoms with Crippen LogP contribution < -0.4 is 15.0 Å². The molecule has 0 saturated carbocycles. The zero-order chi connectivity index (χ0) is 24.2. The number of benzene rings is 4. The molecule has 4 nitrogen and oxygen atoms in total. The molecule has 1 N–H and O–H groups in total. The number of carbonyl (C=O) groups excluding carboxylic acids is 1. The quantitative estimate of drug-likeness (QED) is 0.308. The first kappa shape index (κ1) is 22.7. The summed E-state index contributed by atoms with van der Waals surface area (Å²) in [6, 6.07) is 34.2. The van der Waals surface area contributed by atoms with Gasteiger partial charge in [0.15, 0.2) is 0 Å². The van der Waals surface area contributed by atoms with Crippen molar-refractivity contribution >= 4 is 17.3 Å². The minimum atomic E-state index is -0.324. The van der Waals surface area contributed by atoms with Gasteiger partial charge in [-0.2, -0.15) is 0 Å². The molecule has 1 heterocycles. The fourth-order valence-corrected chi connectivity index (χ4v) is 4.44. The summed E-state index contributed by atoms with van der Waals surface area (Å²) >= 11 is 0. The monoisotopic (exact) mass is 462 g/mol. The van der Waals surface area contributed by atoms with E-state index in [9.17, 15) is 4.79 Å². The van der Waals surface area contributed by atoms with Gasteiger partial charge in [-0.05, 0) is 65.4 Å². The van der Waals surface area contributed by atoms with Crippen molar-refractivity contribution < 1.29 is 9.53 Å². The normalized spacial score (nSPS) is 15.8. The molecule has 1 aliphatic heterocycles. The summed E-state index contributed by atoms with van der Waals surface area (Å²) in [5, 5.41) is 3.58. The summed E-state index contributed by atoms with van der Waals surface area (Å²) < 4.78 is 5.97. The molecule has 4 aromatic rings. The van der Waals surface area contributed by atoms with E-state index in [1.807, 2.05) is 83.8 Å². The Morgan fingerprint density at radius 3 is 2.26 bits per heavy atom. The van der Waals surface area contributed by atoms with Crippen molar-refractivity contribution in [2.75, 3.05) is 10.2 Å². The first-order chi connectivity index (χ1) is 17.1. The molecule has 4 heteroatoms. The number of carbonyl (C=O) groups is 1. The number of anilines is 2. The Morgan fingerprint density at radius 2 is 1.54 bits per heavy atom. The first-order valence-corrected chi connectivity index (χ1v) is 12.2. The van der Waals surface area contributed by atoms with Crippen LogP contribution in [0.4, 0.5) is 11.4 Å². The highest BCUT2D eigenvalue weighted by molar-refractivity contribution is 6.12. The summed E-state index contributed by atoms with van der Waals surface area (Å²) in [6.45, 7) is 4.93. The fourth-order valence-electron chi connectivity index (χ4n) is 4.44. The van der Waals surface area contributed by atoms with Crippen molar-refractivity contribution in [3.05, 3.63) is 125 Å². The average molecular weight is 463 g/mol. The Labute approximate surface area is 207 Å². The van der Waals surface area contributed by atoms with Crippen LogP contribution in [0.1, 0.15) is 59.4 Å². The number of fused-ring (bicyclic) bond motifs is 1. The van der Waals surface area contributed by atoms with Crippen molar-refractivity contribution in [3.8, 4) is 5.75 Å². The molecule has 0 saturated heterocycles. The topological polar surface area (TPSA) is 41.6 Å². The second kappa shape index (κ2) is 10.1. The van der Waals surface area contributed by atoms with Crippen LogP contribution in [-0.2, 0) is 6.61 Å². The van der Waals surface area contributed by atoms with E-state index < -0.39 is 0 Å². The Hall–Kier alpha value is -4.05. The van der Waals surface area contributed by atoms with E-state index in [0.29, 0.717) is 18.1 Å². The third-order valence-corrected chi connectivity index (χ3v) is 6.72. The lowest BCUT2D eigenvalue weighted by Gasteiger charge is -2.38. The molecule has 176 valence electrons. The van der Waals surface area contributed by atoms with Crippen LogP contribution in [0.3, 0.4) is 0 Å².